The molecule has 1 N–H and O–H groups in total. The number of hydrogen-bond donors (Lipinski definition) is 1. The Morgan fingerprint density at radius 2 is 2.06 bits per heavy atom. The Kier molecular flexibility index (Phi) is 3.72. The number of fused-ring (bicyclic) bond motifs is 2. The zero-order valence-corrected chi connectivity index (χ0v) is 11.1. The van der Waals surface area contributed by atoms with E-state index >= 15 is 0 Å². The number of ether oxygens (including phenoxy) is 1. The van der Waals surface area contributed by atoms with Gasteiger partial charge in [0.15, 0.2) is 0 Å². The SMILES string of the molecule is Brc1ccc(OC2[C@@H]3CNC[C@H]2C3)nc1.Cl. The van der Waals surface area contributed by atoms with Gasteiger partial charge in [0.1, 0.15) is 6.10 Å². The largest absolute Gasteiger partial charge is 0.474 e. The molecule has 1 aromatic heterocycles. The summed E-state index contributed by atoms with van der Waals surface area (Å²) in [5.74, 6) is 2.13. The molecule has 1 aliphatic heterocycles. The molecule has 0 aromatic carbocycles. The van der Waals surface area contributed by atoms with Gasteiger partial charge in [0.05, 0.1) is 0 Å². The minimum absolute atomic E-state index is 0. The second-order valence-corrected chi connectivity index (χ2v) is 5.23. The number of pyridine rings is 1. The quantitative estimate of drug-likeness (QED) is 0.910. The average Bonchev–Trinajstić information content (AvgIpc) is 2.29. The fourth-order valence-corrected chi connectivity index (χ4v) is 2.70. The fourth-order valence-electron chi connectivity index (χ4n) is 2.46. The fraction of sp³-hybridized carbons (Fsp3) is 0.545. The van der Waals surface area contributed by atoms with Crippen molar-refractivity contribution in [2.45, 2.75) is 12.5 Å². The summed E-state index contributed by atoms with van der Waals surface area (Å²) in [5, 5.41) is 3.40. The van der Waals surface area contributed by atoms with Crippen LogP contribution in [0.2, 0.25) is 0 Å². The molecule has 1 aromatic rings. The van der Waals surface area contributed by atoms with Gasteiger partial charge in [0, 0.05) is 41.7 Å². The number of aromatic nitrogens is 1. The second-order valence-electron chi connectivity index (χ2n) is 4.31. The Labute approximate surface area is 110 Å². The highest BCUT2D eigenvalue weighted by atomic mass is 79.9. The molecule has 0 amide bonds. The van der Waals surface area contributed by atoms with Gasteiger partial charge in [-0.3, -0.25) is 0 Å². The standard InChI is InChI=1S/C11H13BrN2O.ClH/c12-9-1-2-10(14-6-9)15-11-7-3-8(11)5-13-4-7;/h1-2,6-8,11,13H,3-5H2;1H/t7-,8+,11?;. The number of rotatable bonds is 2. The first kappa shape index (κ1) is 12.1. The summed E-state index contributed by atoms with van der Waals surface area (Å²) >= 11 is 3.36. The maximum Gasteiger partial charge on any atom is 0.213 e. The summed E-state index contributed by atoms with van der Waals surface area (Å²) in [4.78, 5) is 4.24. The van der Waals surface area contributed by atoms with Gasteiger partial charge in [-0.15, -0.1) is 12.4 Å². The molecule has 1 saturated carbocycles. The first-order valence-corrected chi connectivity index (χ1v) is 6.11. The molecular formula is C11H14BrClN2O. The molecule has 3 rings (SSSR count). The molecule has 0 spiro atoms. The maximum atomic E-state index is 5.90. The first-order chi connectivity index (χ1) is 7.33. The van der Waals surface area contributed by atoms with E-state index < -0.39 is 0 Å². The Balaban J connectivity index is 0.000000963. The van der Waals surface area contributed by atoms with Gasteiger partial charge in [-0.1, -0.05) is 0 Å². The van der Waals surface area contributed by atoms with Crippen molar-refractivity contribution in [1.29, 1.82) is 0 Å². The van der Waals surface area contributed by atoms with Gasteiger partial charge in [-0.05, 0) is 28.4 Å². The Bertz CT molecular complexity index is 346. The normalized spacial score (nSPS) is 31.2. The van der Waals surface area contributed by atoms with Gasteiger partial charge in [0.2, 0.25) is 5.88 Å². The van der Waals surface area contributed by atoms with Crippen LogP contribution in [-0.4, -0.2) is 24.2 Å². The van der Waals surface area contributed by atoms with Crippen LogP contribution in [-0.2, 0) is 0 Å². The lowest BCUT2D eigenvalue weighted by molar-refractivity contribution is -0.0470. The highest BCUT2D eigenvalue weighted by Gasteiger charge is 2.45. The van der Waals surface area contributed by atoms with Crippen molar-refractivity contribution in [3.63, 3.8) is 0 Å². The molecule has 3 atom stereocenters. The van der Waals surface area contributed by atoms with E-state index in [1.165, 1.54) is 6.42 Å². The van der Waals surface area contributed by atoms with Crippen LogP contribution in [0.25, 0.3) is 0 Å². The smallest absolute Gasteiger partial charge is 0.213 e. The molecule has 2 fully saturated rings. The van der Waals surface area contributed by atoms with E-state index in [2.05, 4.69) is 26.2 Å². The number of halogens is 2. The van der Waals surface area contributed by atoms with E-state index in [1.807, 2.05) is 12.1 Å². The van der Waals surface area contributed by atoms with Gasteiger partial charge in [-0.2, -0.15) is 0 Å². The minimum Gasteiger partial charge on any atom is -0.474 e. The third-order valence-electron chi connectivity index (χ3n) is 3.30. The van der Waals surface area contributed by atoms with Gasteiger partial charge in [-0.25, -0.2) is 4.98 Å². The van der Waals surface area contributed by atoms with Crippen molar-refractivity contribution in [1.82, 2.24) is 10.3 Å². The highest BCUT2D eigenvalue weighted by Crippen LogP contribution is 2.39. The van der Waals surface area contributed by atoms with E-state index in [0.717, 1.165) is 23.4 Å². The third kappa shape index (κ3) is 2.19. The molecule has 1 saturated heterocycles. The molecule has 1 unspecified atom stereocenters. The summed E-state index contributed by atoms with van der Waals surface area (Å²) in [7, 11) is 0. The van der Waals surface area contributed by atoms with Crippen LogP contribution < -0.4 is 10.1 Å². The Morgan fingerprint density at radius 1 is 1.31 bits per heavy atom. The minimum atomic E-state index is 0. The lowest BCUT2D eigenvalue weighted by atomic mass is 9.69. The van der Waals surface area contributed by atoms with Crippen molar-refractivity contribution in [3.05, 3.63) is 22.8 Å². The van der Waals surface area contributed by atoms with Crippen LogP contribution in [0.1, 0.15) is 6.42 Å². The van der Waals surface area contributed by atoms with Crippen molar-refractivity contribution in [2.24, 2.45) is 11.8 Å². The number of nitrogens with zero attached hydrogens (tertiary/aromatic N) is 1. The van der Waals surface area contributed by atoms with Crippen LogP contribution in [0.15, 0.2) is 22.8 Å². The molecule has 1 aliphatic carbocycles. The number of nitrogens with one attached hydrogen (secondary N) is 1. The van der Waals surface area contributed by atoms with Crippen molar-refractivity contribution in [2.75, 3.05) is 13.1 Å². The maximum absolute atomic E-state index is 5.90. The molecule has 2 heterocycles. The van der Waals surface area contributed by atoms with Gasteiger partial charge >= 0.3 is 0 Å². The Morgan fingerprint density at radius 3 is 2.62 bits per heavy atom. The number of piperidine rings is 2. The summed E-state index contributed by atoms with van der Waals surface area (Å²) in [6, 6.07) is 3.89. The van der Waals surface area contributed by atoms with E-state index in [4.69, 9.17) is 4.74 Å². The van der Waals surface area contributed by atoms with Crippen molar-refractivity contribution in [3.8, 4) is 5.88 Å². The van der Waals surface area contributed by atoms with Crippen LogP contribution >= 0.6 is 28.3 Å². The summed E-state index contributed by atoms with van der Waals surface area (Å²) in [6.45, 7) is 2.19. The highest BCUT2D eigenvalue weighted by molar-refractivity contribution is 9.10. The van der Waals surface area contributed by atoms with Gasteiger partial charge < -0.3 is 10.1 Å². The summed E-state index contributed by atoms with van der Waals surface area (Å²) < 4.78 is 6.89. The van der Waals surface area contributed by atoms with E-state index in [9.17, 15) is 0 Å². The third-order valence-corrected chi connectivity index (χ3v) is 3.77. The Hall–Kier alpha value is -0.320. The molecule has 5 heteroatoms. The van der Waals surface area contributed by atoms with Crippen LogP contribution in [0.4, 0.5) is 0 Å². The zero-order valence-electron chi connectivity index (χ0n) is 8.73. The molecule has 88 valence electrons. The predicted octanol–water partition coefficient (Wildman–Crippen LogP) is 2.25. The van der Waals surface area contributed by atoms with E-state index in [1.54, 1.807) is 6.20 Å². The molecule has 2 bridgehead atoms. The average molecular weight is 306 g/mol. The van der Waals surface area contributed by atoms with E-state index in [-0.39, 0.29) is 12.4 Å². The topological polar surface area (TPSA) is 34.1 Å². The van der Waals surface area contributed by atoms with Crippen LogP contribution in [0, 0.1) is 11.8 Å². The monoisotopic (exact) mass is 304 g/mol. The second kappa shape index (κ2) is 4.90. The van der Waals surface area contributed by atoms with Gasteiger partial charge in [0.25, 0.3) is 0 Å². The molecule has 0 radical (unpaired) electrons. The zero-order chi connectivity index (χ0) is 10.3. The van der Waals surface area contributed by atoms with Crippen molar-refractivity contribution < 1.29 is 4.74 Å². The molecule has 3 nitrogen and oxygen atoms in total. The lowest BCUT2D eigenvalue weighted by Crippen LogP contribution is -2.59. The van der Waals surface area contributed by atoms with Crippen LogP contribution in [0.3, 0.4) is 0 Å². The molecule has 16 heavy (non-hydrogen) atoms. The number of hydrogen-bond acceptors (Lipinski definition) is 3. The first-order valence-electron chi connectivity index (χ1n) is 5.32. The lowest BCUT2D eigenvalue weighted by Gasteiger charge is -2.48. The van der Waals surface area contributed by atoms with Crippen LogP contribution in [0.5, 0.6) is 5.88 Å². The predicted molar refractivity (Wildman–Crippen MR) is 68.1 cm³/mol. The van der Waals surface area contributed by atoms with E-state index in [0.29, 0.717) is 17.9 Å². The molecule has 2 aliphatic rings. The molecular weight excluding hydrogens is 291 g/mol. The summed E-state index contributed by atoms with van der Waals surface area (Å²) in [6.07, 6.45) is 3.48. The summed E-state index contributed by atoms with van der Waals surface area (Å²) in [5.41, 5.74) is 0. The van der Waals surface area contributed by atoms with Crippen molar-refractivity contribution >= 4 is 28.3 Å².